The molecule has 1 atom stereocenters. The monoisotopic (exact) mass is 456 g/mol. The summed E-state index contributed by atoms with van der Waals surface area (Å²) in [4.78, 5) is 25.2. The number of nitrogens with zero attached hydrogens (tertiary/aromatic N) is 4. The summed E-state index contributed by atoms with van der Waals surface area (Å²) >= 11 is 0. The van der Waals surface area contributed by atoms with E-state index in [0.717, 1.165) is 55.0 Å². The number of piperidine rings is 1. The molecule has 7 heteroatoms. The number of likely N-dealkylation sites (tertiary alicyclic amines) is 1. The van der Waals surface area contributed by atoms with Crippen LogP contribution in [0.5, 0.6) is 0 Å². The van der Waals surface area contributed by atoms with Crippen LogP contribution < -0.4 is 5.56 Å². The summed E-state index contributed by atoms with van der Waals surface area (Å²) in [5.41, 5.74) is 3.36. The van der Waals surface area contributed by atoms with Gasteiger partial charge in [0.25, 0.3) is 5.56 Å². The molecule has 0 aromatic carbocycles. The molecular weight excluding hydrogens is 419 g/mol. The lowest BCUT2D eigenvalue weighted by atomic mass is 9.91. The normalized spacial score (nSPS) is 17.8. The predicted octanol–water partition coefficient (Wildman–Crippen LogP) is 4.75. The van der Waals surface area contributed by atoms with Gasteiger partial charge in [0.2, 0.25) is 0 Å². The van der Waals surface area contributed by atoms with E-state index in [0.29, 0.717) is 18.2 Å². The highest BCUT2D eigenvalue weighted by atomic mass is 19.1. The Morgan fingerprint density at radius 3 is 2.70 bits per heavy atom. The lowest BCUT2D eigenvalue weighted by Crippen LogP contribution is -2.38. The van der Waals surface area contributed by atoms with Crippen molar-refractivity contribution in [1.82, 2.24) is 14.5 Å². The molecule has 0 saturated carbocycles. The van der Waals surface area contributed by atoms with E-state index in [1.165, 1.54) is 19.3 Å². The van der Waals surface area contributed by atoms with Gasteiger partial charge in [-0.1, -0.05) is 30.0 Å². The second-order valence-corrected chi connectivity index (χ2v) is 8.44. The van der Waals surface area contributed by atoms with Crippen LogP contribution in [0, 0.1) is 12.8 Å². The highest BCUT2D eigenvalue weighted by Gasteiger charge is 2.23. The van der Waals surface area contributed by atoms with Gasteiger partial charge in [-0.2, -0.15) is 0 Å². The first-order valence-corrected chi connectivity index (χ1v) is 11.5. The van der Waals surface area contributed by atoms with Crippen LogP contribution in [0.25, 0.3) is 5.57 Å². The maximum Gasteiger partial charge on any atom is 0.256 e. The first-order chi connectivity index (χ1) is 15.8. The molecule has 0 aliphatic carbocycles. The second kappa shape index (κ2) is 13.0. The molecule has 6 nitrogen and oxygen atoms in total. The summed E-state index contributed by atoms with van der Waals surface area (Å²) < 4.78 is 14.5. The Labute approximate surface area is 196 Å². The minimum atomic E-state index is -1.06. The van der Waals surface area contributed by atoms with Gasteiger partial charge in [-0.3, -0.25) is 9.36 Å². The summed E-state index contributed by atoms with van der Waals surface area (Å²) in [7, 11) is 1.77. The van der Waals surface area contributed by atoms with E-state index in [-0.39, 0.29) is 5.56 Å². The van der Waals surface area contributed by atoms with Gasteiger partial charge in [-0.15, -0.1) is 0 Å². The van der Waals surface area contributed by atoms with Crippen molar-refractivity contribution < 1.29 is 9.23 Å². The molecule has 0 spiro atoms. The standard InChI is InChI=1S/C26H37FN4O2/c1-7-9-19(3)25-28-21(5)23(26(32)30(25)6)13-17-31-15-11-22(12-16-31)24(10-8-2)29-33-18-14-20(4)27/h7-10,14,18,20,22H,1,11-13,15-17H2,2-6H3/b10-8+,18-14+,19-9-,29-24+. The molecule has 1 aromatic rings. The van der Waals surface area contributed by atoms with E-state index >= 15 is 0 Å². The van der Waals surface area contributed by atoms with E-state index in [2.05, 4.69) is 21.6 Å². The maximum absolute atomic E-state index is 13.0. The third-order valence-corrected chi connectivity index (χ3v) is 5.90. The maximum atomic E-state index is 13.0. The quantitative estimate of drug-likeness (QED) is 0.221. The number of alkyl halides is 1. The number of hydrogen-bond donors (Lipinski definition) is 0. The summed E-state index contributed by atoms with van der Waals surface area (Å²) in [5.74, 6) is 0.972. The molecular formula is C26H37FN4O2. The Balaban J connectivity index is 1.99. The van der Waals surface area contributed by atoms with Crippen molar-refractivity contribution in [2.75, 3.05) is 19.6 Å². The first-order valence-electron chi connectivity index (χ1n) is 11.5. The highest BCUT2D eigenvalue weighted by molar-refractivity contribution is 5.96. The van der Waals surface area contributed by atoms with E-state index in [1.807, 2.05) is 39.0 Å². The Morgan fingerprint density at radius 2 is 2.09 bits per heavy atom. The Morgan fingerprint density at radius 1 is 1.39 bits per heavy atom. The average molecular weight is 457 g/mol. The van der Waals surface area contributed by atoms with Crippen molar-refractivity contribution in [1.29, 1.82) is 0 Å². The fraction of sp³-hybridized carbons (Fsp3) is 0.500. The average Bonchev–Trinajstić information content (AvgIpc) is 2.78. The molecule has 0 radical (unpaired) electrons. The SMILES string of the molecule is C=C/C=C(/C)c1nc(C)c(CCN2CCC(C(/C=C/C)=N/O/C=C/C(C)F)CC2)c(=O)n1C. The molecule has 2 heterocycles. The van der Waals surface area contributed by atoms with Crippen molar-refractivity contribution >= 4 is 11.3 Å². The van der Waals surface area contributed by atoms with Crippen LogP contribution in [0.3, 0.4) is 0 Å². The van der Waals surface area contributed by atoms with Gasteiger partial charge in [-0.25, -0.2) is 9.37 Å². The second-order valence-electron chi connectivity index (χ2n) is 8.44. The third kappa shape index (κ3) is 7.63. The smallest absolute Gasteiger partial charge is 0.256 e. The van der Waals surface area contributed by atoms with Gasteiger partial charge in [0, 0.05) is 30.8 Å². The number of hydrogen-bond acceptors (Lipinski definition) is 5. The zero-order chi connectivity index (χ0) is 24.4. The topological polar surface area (TPSA) is 59.7 Å². The largest absolute Gasteiger partial charge is 0.365 e. The zero-order valence-corrected chi connectivity index (χ0v) is 20.6. The van der Waals surface area contributed by atoms with Gasteiger partial charge < -0.3 is 9.74 Å². The summed E-state index contributed by atoms with van der Waals surface area (Å²) in [6.45, 7) is 13.6. The Bertz CT molecular complexity index is 981. The van der Waals surface area contributed by atoms with Gasteiger partial charge in [0.15, 0.2) is 0 Å². The minimum absolute atomic E-state index is 0.0134. The molecule has 0 bridgehead atoms. The van der Waals surface area contributed by atoms with E-state index < -0.39 is 6.17 Å². The lowest BCUT2D eigenvalue weighted by Gasteiger charge is -2.31. The zero-order valence-electron chi connectivity index (χ0n) is 20.6. The summed E-state index contributed by atoms with van der Waals surface area (Å²) in [5, 5.41) is 4.19. The summed E-state index contributed by atoms with van der Waals surface area (Å²) in [6, 6.07) is 0. The van der Waals surface area contributed by atoms with E-state index in [4.69, 9.17) is 4.84 Å². The number of rotatable bonds is 10. The minimum Gasteiger partial charge on any atom is -0.365 e. The third-order valence-electron chi connectivity index (χ3n) is 5.90. The molecule has 1 aromatic heterocycles. The van der Waals surface area contributed by atoms with Crippen molar-refractivity contribution in [2.24, 2.45) is 18.1 Å². The van der Waals surface area contributed by atoms with Crippen LogP contribution in [0.1, 0.15) is 50.7 Å². The van der Waals surface area contributed by atoms with E-state index in [1.54, 1.807) is 17.7 Å². The molecule has 0 N–H and O–H groups in total. The van der Waals surface area contributed by atoms with Crippen LogP contribution in [-0.2, 0) is 18.3 Å². The van der Waals surface area contributed by atoms with Crippen LogP contribution in [0.4, 0.5) is 4.39 Å². The molecule has 1 fully saturated rings. The summed E-state index contributed by atoms with van der Waals surface area (Å²) in [6.07, 6.45) is 11.6. The predicted molar refractivity (Wildman–Crippen MR) is 134 cm³/mol. The number of oxime groups is 1. The van der Waals surface area contributed by atoms with Crippen molar-refractivity contribution in [3.8, 4) is 0 Å². The highest BCUT2D eigenvalue weighted by Crippen LogP contribution is 2.20. The van der Waals surface area contributed by atoms with Crippen LogP contribution in [0.15, 0.2) is 53.2 Å². The molecule has 1 aliphatic heterocycles. The van der Waals surface area contributed by atoms with Crippen LogP contribution in [-0.4, -0.2) is 46.0 Å². The lowest BCUT2D eigenvalue weighted by molar-refractivity contribution is 0.206. The molecule has 2 rings (SSSR count). The van der Waals surface area contributed by atoms with E-state index in [9.17, 15) is 9.18 Å². The van der Waals surface area contributed by atoms with Gasteiger partial charge in [0.05, 0.1) is 5.71 Å². The number of allylic oxidation sites excluding steroid dienone is 6. The molecule has 180 valence electrons. The number of aromatic nitrogens is 2. The van der Waals surface area contributed by atoms with Crippen molar-refractivity contribution in [3.05, 3.63) is 70.7 Å². The fourth-order valence-electron chi connectivity index (χ4n) is 4.02. The van der Waals surface area contributed by atoms with Gasteiger partial charge in [0.1, 0.15) is 18.3 Å². The molecule has 33 heavy (non-hydrogen) atoms. The van der Waals surface area contributed by atoms with Crippen molar-refractivity contribution in [3.63, 3.8) is 0 Å². The Hall–Kier alpha value is -2.80. The first kappa shape index (κ1) is 26.5. The Kier molecular flexibility index (Phi) is 10.5. The fourth-order valence-corrected chi connectivity index (χ4v) is 4.02. The molecule has 0 amide bonds. The van der Waals surface area contributed by atoms with Crippen LogP contribution in [0.2, 0.25) is 0 Å². The van der Waals surface area contributed by atoms with Crippen LogP contribution >= 0.6 is 0 Å². The number of halogens is 1. The molecule has 1 saturated heterocycles. The van der Waals surface area contributed by atoms with Gasteiger partial charge >= 0.3 is 0 Å². The number of aryl methyl sites for hydroxylation is 1. The van der Waals surface area contributed by atoms with Crippen molar-refractivity contribution in [2.45, 2.75) is 53.1 Å². The van der Waals surface area contributed by atoms with Gasteiger partial charge in [-0.05, 0) is 77.8 Å². The molecule has 1 aliphatic rings. The molecule has 1 unspecified atom stereocenters.